The number of hydrogen-bond acceptors (Lipinski definition) is 5. The van der Waals surface area contributed by atoms with Crippen LogP contribution in [0.25, 0.3) is 11.3 Å². The molecule has 2 rings (SSSR count). The third kappa shape index (κ3) is 6.29. The van der Waals surface area contributed by atoms with E-state index in [1.165, 1.54) is 5.56 Å². The smallest absolute Gasteiger partial charge is 0.314 e. The summed E-state index contributed by atoms with van der Waals surface area (Å²) in [6, 6.07) is 8.29. The van der Waals surface area contributed by atoms with Crippen LogP contribution in [-0.4, -0.2) is 35.8 Å². The molecular formula is C27H38ClN3O3. The van der Waals surface area contributed by atoms with Crippen LogP contribution in [0.5, 0.6) is 0 Å². The van der Waals surface area contributed by atoms with Crippen molar-refractivity contribution in [2.45, 2.75) is 73.8 Å². The molecule has 0 atom stereocenters. The van der Waals surface area contributed by atoms with Gasteiger partial charge in [0.15, 0.2) is 5.76 Å². The molecule has 7 heteroatoms. The summed E-state index contributed by atoms with van der Waals surface area (Å²) >= 11 is 6.69. The van der Waals surface area contributed by atoms with Gasteiger partial charge in [-0.2, -0.15) is 5.10 Å². The zero-order valence-corrected chi connectivity index (χ0v) is 22.7. The molecule has 0 spiro atoms. The maximum Gasteiger partial charge on any atom is 0.314 e. The second-order valence-electron chi connectivity index (χ2n) is 9.95. The predicted molar refractivity (Wildman–Crippen MR) is 140 cm³/mol. The molecular weight excluding hydrogens is 450 g/mol. The number of carbonyl (C=O) groups is 1. The molecule has 186 valence electrons. The highest BCUT2D eigenvalue weighted by Gasteiger charge is 2.28. The topological polar surface area (TPSA) is 65.7 Å². The number of nitrogens with zero attached hydrogens (tertiary/aromatic N) is 3. The van der Waals surface area contributed by atoms with Gasteiger partial charge in [0.05, 0.1) is 16.1 Å². The van der Waals surface area contributed by atoms with E-state index in [0.29, 0.717) is 35.1 Å². The van der Waals surface area contributed by atoms with Crippen molar-refractivity contribution in [2.75, 3.05) is 13.8 Å². The molecule has 1 aromatic carbocycles. The minimum absolute atomic E-state index is 0.0299. The van der Waals surface area contributed by atoms with Gasteiger partial charge in [0, 0.05) is 25.4 Å². The molecule has 6 nitrogen and oxygen atoms in total. The second kappa shape index (κ2) is 11.2. The lowest BCUT2D eigenvalue weighted by atomic mass is 9.86. The van der Waals surface area contributed by atoms with Gasteiger partial charge >= 0.3 is 5.97 Å². The van der Waals surface area contributed by atoms with E-state index in [4.69, 9.17) is 21.1 Å². The molecule has 0 fully saturated rings. The molecule has 0 N–H and O–H groups in total. The summed E-state index contributed by atoms with van der Waals surface area (Å²) in [5, 5.41) is 5.04. The first-order valence-corrected chi connectivity index (χ1v) is 12.1. The van der Waals surface area contributed by atoms with E-state index in [2.05, 4.69) is 43.0 Å². The number of ether oxygens (including phenoxy) is 2. The number of rotatable bonds is 9. The van der Waals surface area contributed by atoms with Gasteiger partial charge in [-0.1, -0.05) is 63.6 Å². The van der Waals surface area contributed by atoms with Gasteiger partial charge < -0.3 is 9.47 Å². The van der Waals surface area contributed by atoms with Crippen molar-refractivity contribution >= 4 is 35.1 Å². The third-order valence-electron chi connectivity index (χ3n) is 5.96. The fourth-order valence-electron chi connectivity index (χ4n) is 3.30. The van der Waals surface area contributed by atoms with Crippen molar-refractivity contribution in [1.29, 1.82) is 0 Å². The number of allylic oxidation sites excluding steroid dienone is 1. The predicted octanol–water partition coefficient (Wildman–Crippen LogP) is 6.68. The number of aromatic nitrogens is 2. The first kappa shape index (κ1) is 27.6. The molecule has 1 aromatic heterocycles. The third-order valence-corrected chi connectivity index (χ3v) is 6.42. The van der Waals surface area contributed by atoms with Crippen molar-refractivity contribution < 1.29 is 14.3 Å². The van der Waals surface area contributed by atoms with E-state index >= 15 is 0 Å². The van der Waals surface area contributed by atoms with Crippen molar-refractivity contribution in [3.63, 3.8) is 0 Å². The normalized spacial score (nSPS) is 13.2. The van der Waals surface area contributed by atoms with Gasteiger partial charge in [0.2, 0.25) is 6.79 Å². The lowest BCUT2D eigenvalue weighted by molar-refractivity contribution is -0.162. The standard InChI is InChI=1S/C27H38ClN3O3/c1-10-27(7,8)25(32)34-17-33-24(23-22(28)18(3)30-31(23)11-2)21(16-29-9)19-12-14-20(15-13-19)26(4,5)6/h12-16H,10-11,17H2,1-9H3/b24-21-,29-16?. The van der Waals surface area contributed by atoms with E-state index in [9.17, 15) is 4.79 Å². The van der Waals surface area contributed by atoms with E-state index in [-0.39, 0.29) is 18.2 Å². The first-order valence-electron chi connectivity index (χ1n) is 11.7. The molecule has 0 unspecified atom stereocenters. The van der Waals surface area contributed by atoms with Crippen molar-refractivity contribution in [2.24, 2.45) is 10.4 Å². The van der Waals surface area contributed by atoms with Gasteiger partial charge in [0.1, 0.15) is 5.69 Å². The van der Waals surface area contributed by atoms with Gasteiger partial charge in [-0.05, 0) is 50.7 Å². The summed E-state index contributed by atoms with van der Waals surface area (Å²) in [7, 11) is 1.70. The largest absolute Gasteiger partial charge is 0.454 e. The zero-order valence-electron chi connectivity index (χ0n) is 22.0. The summed E-state index contributed by atoms with van der Waals surface area (Å²) in [5.41, 5.74) is 3.61. The Kier molecular flexibility index (Phi) is 9.12. The van der Waals surface area contributed by atoms with Crippen LogP contribution in [0.4, 0.5) is 0 Å². The molecule has 0 aliphatic heterocycles. The molecule has 1 heterocycles. The average Bonchev–Trinajstić information content (AvgIpc) is 3.08. The van der Waals surface area contributed by atoms with Gasteiger partial charge in [-0.15, -0.1) is 0 Å². The van der Waals surface area contributed by atoms with Crippen LogP contribution >= 0.6 is 11.6 Å². The van der Waals surface area contributed by atoms with Crippen molar-refractivity contribution in [1.82, 2.24) is 9.78 Å². The monoisotopic (exact) mass is 487 g/mol. The maximum atomic E-state index is 12.5. The fourth-order valence-corrected chi connectivity index (χ4v) is 3.52. The quantitative estimate of drug-likeness (QED) is 0.171. The van der Waals surface area contributed by atoms with Crippen LogP contribution in [0.1, 0.15) is 77.4 Å². The molecule has 0 radical (unpaired) electrons. The van der Waals surface area contributed by atoms with Crippen LogP contribution in [0, 0.1) is 12.3 Å². The molecule has 0 saturated heterocycles. The van der Waals surface area contributed by atoms with E-state index in [1.54, 1.807) is 17.9 Å². The lowest BCUT2D eigenvalue weighted by Gasteiger charge is -2.22. The number of hydrogen-bond donors (Lipinski definition) is 0. The van der Waals surface area contributed by atoms with Crippen LogP contribution in [-0.2, 0) is 26.2 Å². The number of benzene rings is 1. The van der Waals surface area contributed by atoms with E-state index < -0.39 is 5.41 Å². The van der Waals surface area contributed by atoms with E-state index in [0.717, 1.165) is 11.1 Å². The first-order chi connectivity index (χ1) is 15.9. The highest BCUT2D eigenvalue weighted by atomic mass is 35.5. The Morgan fingerprint density at radius 3 is 2.24 bits per heavy atom. The Labute approximate surface area is 209 Å². The number of aliphatic imine (C=N–C) groups is 1. The lowest BCUT2D eigenvalue weighted by Crippen LogP contribution is -2.26. The van der Waals surface area contributed by atoms with Crippen LogP contribution < -0.4 is 0 Å². The SMILES string of the molecule is CCn1nc(C)c(Cl)c1/C(OCOC(=O)C(C)(C)CC)=C(\C=NC)c1ccc(C(C)(C)C)cc1. The molecule has 0 aliphatic rings. The number of aryl methyl sites for hydroxylation is 2. The maximum absolute atomic E-state index is 12.5. The van der Waals surface area contributed by atoms with Crippen molar-refractivity contribution in [3.8, 4) is 0 Å². The molecule has 0 amide bonds. The highest BCUT2D eigenvalue weighted by molar-refractivity contribution is 6.33. The highest BCUT2D eigenvalue weighted by Crippen LogP contribution is 2.34. The zero-order chi connectivity index (χ0) is 25.7. The van der Waals surface area contributed by atoms with Gasteiger partial charge in [-0.25, -0.2) is 0 Å². The Hall–Kier alpha value is -2.60. The minimum atomic E-state index is -0.594. The minimum Gasteiger partial charge on any atom is -0.454 e. The summed E-state index contributed by atoms with van der Waals surface area (Å²) in [4.78, 5) is 16.8. The summed E-state index contributed by atoms with van der Waals surface area (Å²) in [6.45, 7) is 16.4. The fraction of sp³-hybridized carbons (Fsp3) is 0.519. The second-order valence-corrected chi connectivity index (χ2v) is 10.3. The Balaban J connectivity index is 2.62. The van der Waals surface area contributed by atoms with Crippen LogP contribution in [0.3, 0.4) is 0 Å². The molecule has 0 bridgehead atoms. The molecule has 34 heavy (non-hydrogen) atoms. The van der Waals surface area contributed by atoms with Crippen LogP contribution in [0.15, 0.2) is 29.3 Å². The Morgan fingerprint density at radius 1 is 1.12 bits per heavy atom. The molecule has 0 saturated carbocycles. The summed E-state index contributed by atoms with van der Waals surface area (Å²) in [6.07, 6.45) is 2.40. The molecule has 0 aliphatic carbocycles. The number of esters is 1. The number of carbonyl (C=O) groups excluding carboxylic acids is 1. The van der Waals surface area contributed by atoms with Gasteiger partial charge in [0.25, 0.3) is 0 Å². The summed E-state index contributed by atoms with van der Waals surface area (Å²) in [5.74, 6) is 0.143. The van der Waals surface area contributed by atoms with Crippen molar-refractivity contribution in [3.05, 3.63) is 51.8 Å². The number of halogens is 1. The Bertz CT molecular complexity index is 1060. The van der Waals surface area contributed by atoms with Crippen LogP contribution in [0.2, 0.25) is 5.02 Å². The molecule has 2 aromatic rings. The summed E-state index contributed by atoms with van der Waals surface area (Å²) < 4.78 is 13.4. The average molecular weight is 488 g/mol. The van der Waals surface area contributed by atoms with Gasteiger partial charge in [-0.3, -0.25) is 14.5 Å². The Morgan fingerprint density at radius 2 is 1.74 bits per heavy atom. The van der Waals surface area contributed by atoms with E-state index in [1.807, 2.05) is 46.8 Å².